The van der Waals surface area contributed by atoms with E-state index in [1.54, 1.807) is 12.1 Å². The van der Waals surface area contributed by atoms with Crippen molar-refractivity contribution < 1.29 is 4.79 Å². The lowest BCUT2D eigenvalue weighted by Crippen LogP contribution is -2.14. The minimum absolute atomic E-state index is 0.0535. The van der Waals surface area contributed by atoms with Crippen LogP contribution in [0.1, 0.15) is 57.2 Å². The third kappa shape index (κ3) is 4.82. The number of aryl methyl sites for hydroxylation is 2. The summed E-state index contributed by atoms with van der Waals surface area (Å²) in [6.45, 7) is 4.44. The van der Waals surface area contributed by atoms with E-state index in [0.717, 1.165) is 24.5 Å². The Labute approximate surface area is 153 Å². The zero-order valence-corrected chi connectivity index (χ0v) is 15.6. The Morgan fingerprint density at radius 2 is 1.92 bits per heavy atom. The Kier molecular flexibility index (Phi) is 5.74. The summed E-state index contributed by atoms with van der Waals surface area (Å²) in [6, 6.07) is 7.79. The smallest absolute Gasteiger partial charge is 0.224 e. The van der Waals surface area contributed by atoms with E-state index in [-0.39, 0.29) is 5.91 Å². The van der Waals surface area contributed by atoms with E-state index in [1.165, 1.54) is 12.8 Å². The lowest BCUT2D eigenvalue weighted by Gasteiger charge is -2.10. The van der Waals surface area contributed by atoms with Crippen LogP contribution >= 0.6 is 11.6 Å². The zero-order valence-electron chi connectivity index (χ0n) is 14.8. The van der Waals surface area contributed by atoms with E-state index in [2.05, 4.69) is 33.9 Å². The molecule has 1 heterocycles. The first kappa shape index (κ1) is 17.9. The molecule has 6 heteroatoms. The molecule has 25 heavy (non-hydrogen) atoms. The highest BCUT2D eigenvalue weighted by molar-refractivity contribution is 6.33. The van der Waals surface area contributed by atoms with Crippen molar-refractivity contribution in [2.24, 2.45) is 5.92 Å². The largest absolute Gasteiger partial charge is 0.325 e. The maximum atomic E-state index is 12.2. The van der Waals surface area contributed by atoms with Crippen molar-refractivity contribution in [1.29, 1.82) is 0 Å². The standard InChI is InChI=1S/C19H25ClN4O/c1-13(2)7-10-17-22-23-18(24(17)14-8-9-14)11-12-19(25)21-16-6-4-3-5-15(16)20/h3-6,13-14H,7-12H2,1-2H3,(H,21,25). The molecule has 0 spiro atoms. The van der Waals surface area contributed by atoms with Crippen molar-refractivity contribution in [3.05, 3.63) is 40.9 Å². The normalized spacial score (nSPS) is 14.1. The van der Waals surface area contributed by atoms with Gasteiger partial charge in [0.2, 0.25) is 5.91 Å². The van der Waals surface area contributed by atoms with Gasteiger partial charge in [-0.3, -0.25) is 4.79 Å². The average molecular weight is 361 g/mol. The van der Waals surface area contributed by atoms with Gasteiger partial charge in [-0.25, -0.2) is 0 Å². The SMILES string of the molecule is CC(C)CCc1nnc(CCC(=O)Nc2ccccc2Cl)n1C1CC1. The van der Waals surface area contributed by atoms with Crippen LogP contribution in [0.3, 0.4) is 0 Å². The summed E-state index contributed by atoms with van der Waals surface area (Å²) in [5.74, 6) is 2.59. The number of benzene rings is 1. The zero-order chi connectivity index (χ0) is 17.8. The monoisotopic (exact) mass is 360 g/mol. The highest BCUT2D eigenvalue weighted by atomic mass is 35.5. The number of hydrogen-bond donors (Lipinski definition) is 1. The van der Waals surface area contributed by atoms with Crippen molar-refractivity contribution in [2.75, 3.05) is 5.32 Å². The summed E-state index contributed by atoms with van der Waals surface area (Å²) in [5, 5.41) is 12.2. The van der Waals surface area contributed by atoms with E-state index in [9.17, 15) is 4.79 Å². The van der Waals surface area contributed by atoms with E-state index < -0.39 is 0 Å². The van der Waals surface area contributed by atoms with Gasteiger partial charge in [-0.1, -0.05) is 37.6 Å². The fourth-order valence-corrected chi connectivity index (χ4v) is 3.06. The Bertz CT molecular complexity index is 737. The number of para-hydroxylation sites is 1. The third-order valence-corrected chi connectivity index (χ3v) is 4.75. The van der Waals surface area contributed by atoms with Crippen LogP contribution in [0.5, 0.6) is 0 Å². The van der Waals surface area contributed by atoms with Crippen molar-refractivity contribution in [3.63, 3.8) is 0 Å². The fourth-order valence-electron chi connectivity index (χ4n) is 2.87. The average Bonchev–Trinajstić information content (AvgIpc) is 3.33. The lowest BCUT2D eigenvalue weighted by molar-refractivity contribution is -0.116. The van der Waals surface area contributed by atoms with Gasteiger partial charge in [0.25, 0.3) is 0 Å². The van der Waals surface area contributed by atoms with Gasteiger partial charge in [-0.05, 0) is 37.3 Å². The number of rotatable bonds is 8. The molecule has 0 bridgehead atoms. The van der Waals surface area contributed by atoms with Crippen molar-refractivity contribution >= 4 is 23.2 Å². The molecule has 0 radical (unpaired) electrons. The van der Waals surface area contributed by atoms with Gasteiger partial charge in [0, 0.05) is 25.3 Å². The molecule has 1 aromatic carbocycles. The number of carbonyl (C=O) groups is 1. The lowest BCUT2D eigenvalue weighted by atomic mass is 10.1. The third-order valence-electron chi connectivity index (χ3n) is 4.42. The number of hydrogen-bond acceptors (Lipinski definition) is 3. The maximum Gasteiger partial charge on any atom is 0.224 e. The molecule has 0 atom stereocenters. The van der Waals surface area contributed by atoms with Crippen LogP contribution in [0, 0.1) is 5.92 Å². The van der Waals surface area contributed by atoms with Crippen LogP contribution in [-0.2, 0) is 17.6 Å². The molecule has 1 N–H and O–H groups in total. The molecule has 1 saturated carbocycles. The summed E-state index contributed by atoms with van der Waals surface area (Å²) in [4.78, 5) is 12.2. The summed E-state index contributed by atoms with van der Waals surface area (Å²) in [7, 11) is 0. The summed E-state index contributed by atoms with van der Waals surface area (Å²) in [5.41, 5.74) is 0.649. The highest BCUT2D eigenvalue weighted by Crippen LogP contribution is 2.37. The molecule has 134 valence electrons. The Balaban J connectivity index is 1.61. The minimum Gasteiger partial charge on any atom is -0.325 e. The van der Waals surface area contributed by atoms with Gasteiger partial charge < -0.3 is 9.88 Å². The molecule has 0 aliphatic heterocycles. The van der Waals surface area contributed by atoms with Gasteiger partial charge in [0.05, 0.1) is 10.7 Å². The van der Waals surface area contributed by atoms with E-state index in [0.29, 0.717) is 35.5 Å². The predicted octanol–water partition coefficient (Wildman–Crippen LogP) is 4.43. The molecule has 5 nitrogen and oxygen atoms in total. The van der Waals surface area contributed by atoms with Crippen LogP contribution in [0.15, 0.2) is 24.3 Å². The second kappa shape index (κ2) is 8.00. The molecular formula is C19H25ClN4O. The van der Waals surface area contributed by atoms with Gasteiger partial charge in [0.15, 0.2) is 0 Å². The fraction of sp³-hybridized carbons (Fsp3) is 0.526. The first-order valence-electron chi connectivity index (χ1n) is 9.01. The number of nitrogens with zero attached hydrogens (tertiary/aromatic N) is 3. The van der Waals surface area contributed by atoms with Gasteiger partial charge in [-0.15, -0.1) is 10.2 Å². The first-order chi connectivity index (χ1) is 12.0. The van der Waals surface area contributed by atoms with E-state index >= 15 is 0 Å². The van der Waals surface area contributed by atoms with Gasteiger partial charge in [0.1, 0.15) is 11.6 Å². The van der Waals surface area contributed by atoms with Gasteiger partial charge in [-0.2, -0.15) is 0 Å². The Morgan fingerprint density at radius 3 is 2.56 bits per heavy atom. The molecule has 1 fully saturated rings. The maximum absolute atomic E-state index is 12.2. The number of carbonyl (C=O) groups excluding carboxylic acids is 1. The van der Waals surface area contributed by atoms with Crippen molar-refractivity contribution in [3.8, 4) is 0 Å². The molecule has 1 aliphatic carbocycles. The second-order valence-corrected chi connectivity index (χ2v) is 7.50. The first-order valence-corrected chi connectivity index (χ1v) is 9.39. The number of anilines is 1. The second-order valence-electron chi connectivity index (χ2n) is 7.09. The van der Waals surface area contributed by atoms with Crippen LogP contribution in [0.2, 0.25) is 5.02 Å². The van der Waals surface area contributed by atoms with Crippen LogP contribution in [0.4, 0.5) is 5.69 Å². The highest BCUT2D eigenvalue weighted by Gasteiger charge is 2.29. The summed E-state index contributed by atoms with van der Waals surface area (Å²) >= 11 is 6.08. The summed E-state index contributed by atoms with van der Waals surface area (Å²) in [6.07, 6.45) is 5.41. The molecule has 0 saturated heterocycles. The van der Waals surface area contributed by atoms with Crippen molar-refractivity contribution in [2.45, 2.75) is 58.4 Å². The molecule has 0 unspecified atom stereocenters. The van der Waals surface area contributed by atoms with E-state index in [4.69, 9.17) is 11.6 Å². The predicted molar refractivity (Wildman–Crippen MR) is 99.9 cm³/mol. The Hall–Kier alpha value is -1.88. The number of halogens is 1. The molecule has 1 amide bonds. The van der Waals surface area contributed by atoms with Gasteiger partial charge >= 0.3 is 0 Å². The van der Waals surface area contributed by atoms with Crippen molar-refractivity contribution in [1.82, 2.24) is 14.8 Å². The molecule has 3 rings (SSSR count). The number of amides is 1. The molecule has 1 aliphatic rings. The van der Waals surface area contributed by atoms with Crippen LogP contribution in [-0.4, -0.2) is 20.7 Å². The quantitative estimate of drug-likeness (QED) is 0.757. The molecule has 1 aromatic heterocycles. The topological polar surface area (TPSA) is 59.8 Å². The number of nitrogens with one attached hydrogen (secondary N) is 1. The van der Waals surface area contributed by atoms with Crippen LogP contribution < -0.4 is 5.32 Å². The van der Waals surface area contributed by atoms with E-state index in [1.807, 2.05) is 12.1 Å². The minimum atomic E-state index is -0.0535. The number of aromatic nitrogens is 3. The van der Waals surface area contributed by atoms with Crippen LogP contribution in [0.25, 0.3) is 0 Å². The molecule has 2 aromatic rings. The molecular weight excluding hydrogens is 336 g/mol. The summed E-state index contributed by atoms with van der Waals surface area (Å²) < 4.78 is 2.27. The Morgan fingerprint density at radius 1 is 1.24 bits per heavy atom.